The van der Waals surface area contributed by atoms with E-state index in [-0.39, 0.29) is 5.97 Å². The highest BCUT2D eigenvalue weighted by molar-refractivity contribution is 7.79. The molecule has 0 aliphatic carbocycles. The van der Waals surface area contributed by atoms with Crippen molar-refractivity contribution in [2.45, 2.75) is 6.92 Å². The van der Waals surface area contributed by atoms with Gasteiger partial charge in [-0.15, -0.1) is 4.68 Å². The van der Waals surface area contributed by atoms with Crippen LogP contribution in [0.3, 0.4) is 0 Å². The fourth-order valence-electron chi connectivity index (χ4n) is 2.84. The molecule has 3 aromatic rings. The first kappa shape index (κ1) is 26.6. The summed E-state index contributed by atoms with van der Waals surface area (Å²) in [5.74, 6) is 0.229. The van der Waals surface area contributed by atoms with Crippen LogP contribution in [0.4, 0.5) is 17.3 Å². The van der Waals surface area contributed by atoms with E-state index in [1.165, 1.54) is 0 Å². The van der Waals surface area contributed by atoms with Crippen LogP contribution < -0.4 is 9.47 Å². The molecule has 0 spiro atoms. The van der Waals surface area contributed by atoms with Gasteiger partial charge in [-0.25, -0.2) is 17.8 Å². The Labute approximate surface area is 197 Å². The molecular formula is C21H26N6O6S. The summed E-state index contributed by atoms with van der Waals surface area (Å²) in [6.45, 7) is 3.79. The fourth-order valence-corrected chi connectivity index (χ4v) is 2.84. The molecule has 0 bridgehead atoms. The molecule has 3 rings (SSSR count). The second-order valence-electron chi connectivity index (χ2n) is 6.93. The van der Waals surface area contributed by atoms with Gasteiger partial charge in [-0.2, -0.15) is 0 Å². The van der Waals surface area contributed by atoms with E-state index < -0.39 is 10.4 Å². The Kier molecular flexibility index (Phi) is 9.79. The van der Waals surface area contributed by atoms with Crippen molar-refractivity contribution >= 4 is 33.7 Å². The maximum Gasteiger partial charge on any atom is 0.435 e. The molecular weight excluding hydrogens is 464 g/mol. The van der Waals surface area contributed by atoms with Gasteiger partial charge in [0.15, 0.2) is 6.33 Å². The fraction of sp³-hybridized carbons (Fsp3) is 0.286. The second kappa shape index (κ2) is 12.5. The van der Waals surface area contributed by atoms with Crippen molar-refractivity contribution < 1.29 is 31.6 Å². The molecule has 0 saturated carbocycles. The van der Waals surface area contributed by atoms with Gasteiger partial charge in [0.05, 0.1) is 31.9 Å². The zero-order chi connectivity index (χ0) is 25.1. The van der Waals surface area contributed by atoms with E-state index >= 15 is 0 Å². The third-order valence-corrected chi connectivity index (χ3v) is 4.36. The van der Waals surface area contributed by atoms with E-state index in [1.54, 1.807) is 21.4 Å². The molecule has 182 valence electrons. The number of ether oxygens (including phenoxy) is 1. The number of benzene rings is 2. The normalized spacial score (nSPS) is 11.1. The third kappa shape index (κ3) is 9.44. The molecule has 0 saturated heterocycles. The number of hydrogen-bond acceptors (Lipinski definition) is 9. The Morgan fingerprint density at radius 3 is 2.32 bits per heavy atom. The van der Waals surface area contributed by atoms with E-state index in [0.717, 1.165) is 17.9 Å². The van der Waals surface area contributed by atoms with Gasteiger partial charge < -0.3 is 14.2 Å². The van der Waals surface area contributed by atoms with Crippen LogP contribution in [0, 0.1) is 0 Å². The number of hydrogen-bond donors (Lipinski definition) is 1. The predicted octanol–water partition coefficient (Wildman–Crippen LogP) is 2.35. The minimum atomic E-state index is -4.92. The Morgan fingerprint density at radius 1 is 1.18 bits per heavy atom. The van der Waals surface area contributed by atoms with Crippen molar-refractivity contribution in [3.05, 3.63) is 66.5 Å². The number of aryl methyl sites for hydroxylation is 2. The topological polar surface area (TPSA) is 153 Å². The monoisotopic (exact) mass is 490 g/mol. The molecule has 0 aliphatic heterocycles. The van der Waals surface area contributed by atoms with Crippen LogP contribution in [-0.4, -0.2) is 53.0 Å². The average molecular weight is 491 g/mol. The van der Waals surface area contributed by atoms with Crippen molar-refractivity contribution in [1.82, 2.24) is 9.78 Å². The standard InChI is InChI=1S/C21H25N6O2.H2O4S/c1-4-27(14-15-29-20(28)17-8-6-5-7-9-17)19-12-10-18(11-13-19)22-23-21-24-26(3)16-25(21)2;1-5(2,3)4/h5-13,16H,4,14-15H2,1-3H3;(H2,1,2,3,4)/q+1;/p-1. The van der Waals surface area contributed by atoms with E-state index in [9.17, 15) is 4.79 Å². The summed E-state index contributed by atoms with van der Waals surface area (Å²) in [7, 11) is -1.21. The van der Waals surface area contributed by atoms with E-state index in [1.807, 2.05) is 62.9 Å². The van der Waals surface area contributed by atoms with Crippen molar-refractivity contribution in [2.24, 2.45) is 24.3 Å². The lowest BCUT2D eigenvalue weighted by molar-refractivity contribution is -0.659. The van der Waals surface area contributed by atoms with Crippen LogP contribution in [-0.2, 0) is 29.2 Å². The lowest BCUT2D eigenvalue weighted by atomic mass is 10.2. The van der Waals surface area contributed by atoms with Gasteiger partial charge in [0.1, 0.15) is 6.61 Å². The lowest BCUT2D eigenvalue weighted by Gasteiger charge is -2.22. The first-order chi connectivity index (χ1) is 16.1. The average Bonchev–Trinajstić information content (AvgIpc) is 3.12. The molecule has 0 radical (unpaired) electrons. The van der Waals surface area contributed by atoms with Crippen LogP contribution >= 0.6 is 0 Å². The van der Waals surface area contributed by atoms with E-state index in [2.05, 4.69) is 27.2 Å². The molecule has 1 N–H and O–H groups in total. The maximum absolute atomic E-state index is 12.0. The van der Waals surface area contributed by atoms with Gasteiger partial charge in [-0.05, 0) is 43.3 Å². The number of carbonyl (C=O) groups is 1. The van der Waals surface area contributed by atoms with Gasteiger partial charge in [0.25, 0.3) is 0 Å². The van der Waals surface area contributed by atoms with E-state index in [0.29, 0.717) is 24.7 Å². The smallest absolute Gasteiger partial charge is 0.435 e. The van der Waals surface area contributed by atoms with E-state index in [4.69, 9.17) is 22.3 Å². The minimum Gasteiger partial charge on any atom is -0.726 e. The lowest BCUT2D eigenvalue weighted by Crippen LogP contribution is -2.27. The quantitative estimate of drug-likeness (QED) is 0.166. The molecule has 2 aromatic carbocycles. The number of esters is 1. The van der Waals surface area contributed by atoms with Crippen molar-refractivity contribution in [3.8, 4) is 0 Å². The molecule has 1 heterocycles. The summed E-state index contributed by atoms with van der Waals surface area (Å²) in [6, 6.07) is 16.8. The van der Waals surface area contributed by atoms with Gasteiger partial charge in [-0.3, -0.25) is 4.55 Å². The zero-order valence-electron chi connectivity index (χ0n) is 19.0. The SMILES string of the molecule is CCN(CCOC(=O)c1ccccc1)c1ccc(N=Nc2nn(C)c[n+]2C)cc1.O=S(=O)([O-])O. The minimum absolute atomic E-state index is 0.305. The third-order valence-electron chi connectivity index (χ3n) is 4.36. The number of anilines is 1. The molecule has 0 unspecified atom stereocenters. The molecule has 13 heteroatoms. The molecule has 1 aromatic heterocycles. The first-order valence-corrected chi connectivity index (χ1v) is 11.5. The Balaban J connectivity index is 0.000000739. The number of likely N-dealkylation sites (N-methyl/N-ethyl adjacent to an activating group) is 1. The highest BCUT2D eigenvalue weighted by atomic mass is 32.3. The first-order valence-electron chi connectivity index (χ1n) is 10.1. The predicted molar refractivity (Wildman–Crippen MR) is 122 cm³/mol. The molecule has 0 atom stereocenters. The summed E-state index contributed by atoms with van der Waals surface area (Å²) in [5, 5.41) is 12.6. The van der Waals surface area contributed by atoms with Gasteiger partial charge >= 0.3 is 11.9 Å². The van der Waals surface area contributed by atoms with Gasteiger partial charge in [0.2, 0.25) is 10.4 Å². The summed E-state index contributed by atoms with van der Waals surface area (Å²) < 4.78 is 41.7. The molecule has 34 heavy (non-hydrogen) atoms. The van der Waals surface area contributed by atoms with Crippen LogP contribution in [0.1, 0.15) is 17.3 Å². The molecule has 12 nitrogen and oxygen atoms in total. The van der Waals surface area contributed by atoms with Crippen molar-refractivity contribution in [3.63, 3.8) is 0 Å². The zero-order valence-corrected chi connectivity index (χ0v) is 19.8. The highest BCUT2D eigenvalue weighted by Crippen LogP contribution is 2.21. The molecule has 0 amide bonds. The Morgan fingerprint density at radius 2 is 1.79 bits per heavy atom. The van der Waals surface area contributed by atoms with Crippen LogP contribution in [0.5, 0.6) is 0 Å². The number of nitrogens with zero attached hydrogens (tertiary/aromatic N) is 6. The number of rotatable bonds is 8. The number of carbonyl (C=O) groups excluding carboxylic acids is 1. The highest BCUT2D eigenvalue weighted by Gasteiger charge is 2.11. The maximum atomic E-state index is 12.0. The Bertz CT molecular complexity index is 1190. The van der Waals surface area contributed by atoms with Crippen LogP contribution in [0.25, 0.3) is 0 Å². The summed E-state index contributed by atoms with van der Waals surface area (Å²) >= 11 is 0. The largest absolute Gasteiger partial charge is 0.726 e. The molecule has 0 fully saturated rings. The van der Waals surface area contributed by atoms with Crippen molar-refractivity contribution in [2.75, 3.05) is 24.6 Å². The molecule has 0 aliphatic rings. The second-order valence-corrected chi connectivity index (χ2v) is 7.78. The number of aromatic nitrogens is 3. The van der Waals surface area contributed by atoms with Crippen molar-refractivity contribution in [1.29, 1.82) is 0 Å². The summed E-state index contributed by atoms with van der Waals surface area (Å²) in [6.07, 6.45) is 1.82. The summed E-state index contributed by atoms with van der Waals surface area (Å²) in [5.41, 5.74) is 2.34. The Hall–Kier alpha value is -3.68. The van der Waals surface area contributed by atoms with Crippen LogP contribution in [0.15, 0.2) is 71.2 Å². The number of azo groups is 1. The van der Waals surface area contributed by atoms with Gasteiger partial charge in [-0.1, -0.05) is 23.3 Å². The van der Waals surface area contributed by atoms with Gasteiger partial charge in [0, 0.05) is 22.4 Å². The summed E-state index contributed by atoms with van der Waals surface area (Å²) in [4.78, 5) is 14.2. The van der Waals surface area contributed by atoms with Crippen LogP contribution in [0.2, 0.25) is 0 Å².